The van der Waals surface area contributed by atoms with E-state index in [2.05, 4.69) is 4.98 Å². The van der Waals surface area contributed by atoms with E-state index in [0.29, 0.717) is 23.5 Å². The van der Waals surface area contributed by atoms with E-state index < -0.39 is 5.82 Å². The van der Waals surface area contributed by atoms with Crippen molar-refractivity contribution in [2.24, 2.45) is 5.73 Å². The maximum Gasteiger partial charge on any atom is 0.227 e. The van der Waals surface area contributed by atoms with E-state index in [4.69, 9.17) is 21.8 Å². The van der Waals surface area contributed by atoms with Gasteiger partial charge in [0.15, 0.2) is 5.58 Å². The molecule has 2 aromatic carbocycles. The molecule has 102 valence electrons. The molecule has 0 spiro atoms. The molecule has 0 atom stereocenters. The van der Waals surface area contributed by atoms with Gasteiger partial charge in [0.2, 0.25) is 5.89 Å². The van der Waals surface area contributed by atoms with Crippen molar-refractivity contribution < 1.29 is 8.81 Å². The van der Waals surface area contributed by atoms with Gasteiger partial charge in [-0.2, -0.15) is 0 Å². The second-order valence-electron chi connectivity index (χ2n) is 4.45. The molecule has 0 saturated heterocycles. The maximum absolute atomic E-state index is 13.4. The van der Waals surface area contributed by atoms with Crippen LogP contribution in [0.15, 0.2) is 40.8 Å². The highest BCUT2D eigenvalue weighted by Gasteiger charge is 2.13. The van der Waals surface area contributed by atoms with Crippen LogP contribution in [0.4, 0.5) is 4.39 Å². The van der Waals surface area contributed by atoms with Crippen LogP contribution in [0.5, 0.6) is 0 Å². The standard InChI is InChI=1S/C15H12ClFN2O/c16-11-7-13-14(8-12(11)17)20-15(19-13)10-4-2-1-3-9(10)5-6-18/h1-4,7-8H,5-6,18H2. The molecule has 0 unspecified atom stereocenters. The number of nitrogens with two attached hydrogens (primary N) is 1. The predicted molar refractivity (Wildman–Crippen MR) is 77.2 cm³/mol. The third-order valence-electron chi connectivity index (χ3n) is 3.09. The van der Waals surface area contributed by atoms with Gasteiger partial charge in [0.25, 0.3) is 0 Å². The molecule has 3 aromatic rings. The van der Waals surface area contributed by atoms with E-state index in [9.17, 15) is 4.39 Å². The van der Waals surface area contributed by atoms with Crippen molar-refractivity contribution in [1.29, 1.82) is 0 Å². The van der Waals surface area contributed by atoms with Crippen LogP contribution in [-0.4, -0.2) is 11.5 Å². The Labute approximate surface area is 120 Å². The van der Waals surface area contributed by atoms with Gasteiger partial charge in [0.1, 0.15) is 11.3 Å². The van der Waals surface area contributed by atoms with Gasteiger partial charge in [-0.05, 0) is 30.7 Å². The van der Waals surface area contributed by atoms with Crippen molar-refractivity contribution in [1.82, 2.24) is 4.98 Å². The summed E-state index contributed by atoms with van der Waals surface area (Å²) in [6.07, 6.45) is 0.726. The Morgan fingerprint density at radius 2 is 2.05 bits per heavy atom. The summed E-state index contributed by atoms with van der Waals surface area (Å²) < 4.78 is 19.1. The summed E-state index contributed by atoms with van der Waals surface area (Å²) in [5, 5.41) is 0.0348. The van der Waals surface area contributed by atoms with Crippen LogP contribution in [0.25, 0.3) is 22.6 Å². The van der Waals surface area contributed by atoms with Crippen LogP contribution < -0.4 is 5.73 Å². The Morgan fingerprint density at radius 1 is 1.25 bits per heavy atom. The Morgan fingerprint density at radius 3 is 2.85 bits per heavy atom. The quantitative estimate of drug-likeness (QED) is 0.798. The summed E-state index contributed by atoms with van der Waals surface area (Å²) in [7, 11) is 0. The van der Waals surface area contributed by atoms with E-state index in [0.717, 1.165) is 17.5 Å². The highest BCUT2D eigenvalue weighted by molar-refractivity contribution is 6.31. The zero-order chi connectivity index (χ0) is 14.1. The first-order chi connectivity index (χ1) is 9.69. The molecule has 1 aromatic heterocycles. The van der Waals surface area contributed by atoms with Crippen molar-refractivity contribution in [2.45, 2.75) is 6.42 Å². The summed E-state index contributed by atoms with van der Waals surface area (Å²) in [6.45, 7) is 0.539. The van der Waals surface area contributed by atoms with Gasteiger partial charge < -0.3 is 10.2 Å². The van der Waals surface area contributed by atoms with Crippen molar-refractivity contribution in [3.8, 4) is 11.5 Å². The van der Waals surface area contributed by atoms with Gasteiger partial charge in [-0.25, -0.2) is 9.37 Å². The normalized spacial score (nSPS) is 11.2. The minimum Gasteiger partial charge on any atom is -0.436 e. The number of oxazole rings is 1. The Hall–Kier alpha value is -1.91. The van der Waals surface area contributed by atoms with E-state index in [1.165, 1.54) is 12.1 Å². The molecule has 5 heteroatoms. The molecular formula is C15H12ClFN2O. The zero-order valence-electron chi connectivity index (χ0n) is 10.6. The average Bonchev–Trinajstić information content (AvgIpc) is 2.83. The van der Waals surface area contributed by atoms with Gasteiger partial charge in [-0.3, -0.25) is 0 Å². The Balaban J connectivity index is 2.15. The SMILES string of the molecule is NCCc1ccccc1-c1nc2cc(Cl)c(F)cc2o1. The Bertz CT molecular complexity index is 731. The van der Waals surface area contributed by atoms with Crippen LogP contribution in [0, 0.1) is 5.82 Å². The van der Waals surface area contributed by atoms with Crippen LogP contribution in [0.2, 0.25) is 5.02 Å². The van der Waals surface area contributed by atoms with Crippen molar-refractivity contribution in [3.63, 3.8) is 0 Å². The number of halogens is 2. The third kappa shape index (κ3) is 2.28. The smallest absolute Gasteiger partial charge is 0.227 e. The highest BCUT2D eigenvalue weighted by atomic mass is 35.5. The minimum atomic E-state index is -0.517. The molecule has 0 aliphatic heterocycles. The monoisotopic (exact) mass is 290 g/mol. The van der Waals surface area contributed by atoms with Gasteiger partial charge >= 0.3 is 0 Å². The van der Waals surface area contributed by atoms with Crippen LogP contribution in [0.3, 0.4) is 0 Å². The van der Waals surface area contributed by atoms with E-state index in [1.807, 2.05) is 24.3 Å². The molecular weight excluding hydrogens is 279 g/mol. The summed E-state index contributed by atoms with van der Waals surface area (Å²) in [4.78, 5) is 4.37. The molecule has 3 rings (SSSR count). The second kappa shape index (κ2) is 5.23. The Kier molecular flexibility index (Phi) is 3.42. The summed E-state index contributed by atoms with van der Waals surface area (Å²) in [5.74, 6) is -0.0668. The zero-order valence-corrected chi connectivity index (χ0v) is 11.3. The van der Waals surface area contributed by atoms with Crippen LogP contribution in [0.1, 0.15) is 5.56 Å². The lowest BCUT2D eigenvalue weighted by atomic mass is 10.0. The largest absolute Gasteiger partial charge is 0.436 e. The van der Waals surface area contributed by atoms with Gasteiger partial charge in [-0.1, -0.05) is 29.8 Å². The topological polar surface area (TPSA) is 52.0 Å². The molecule has 0 amide bonds. The molecule has 2 N–H and O–H groups in total. The number of hydrogen-bond donors (Lipinski definition) is 1. The number of hydrogen-bond acceptors (Lipinski definition) is 3. The number of aromatic nitrogens is 1. The minimum absolute atomic E-state index is 0.0348. The van der Waals surface area contributed by atoms with Crippen LogP contribution in [-0.2, 0) is 6.42 Å². The molecule has 0 saturated carbocycles. The molecule has 0 aliphatic rings. The van der Waals surface area contributed by atoms with Gasteiger partial charge in [0, 0.05) is 11.6 Å². The first-order valence-electron chi connectivity index (χ1n) is 6.23. The van der Waals surface area contributed by atoms with E-state index >= 15 is 0 Å². The molecule has 0 fully saturated rings. The van der Waals surface area contributed by atoms with Gasteiger partial charge in [-0.15, -0.1) is 0 Å². The number of nitrogens with zero attached hydrogens (tertiary/aromatic N) is 1. The lowest BCUT2D eigenvalue weighted by Crippen LogP contribution is -2.03. The number of fused-ring (bicyclic) bond motifs is 1. The molecule has 3 nitrogen and oxygen atoms in total. The fourth-order valence-corrected chi connectivity index (χ4v) is 2.30. The fraction of sp³-hybridized carbons (Fsp3) is 0.133. The maximum atomic E-state index is 13.4. The van der Waals surface area contributed by atoms with Crippen molar-refractivity contribution >= 4 is 22.7 Å². The van der Waals surface area contributed by atoms with Crippen LogP contribution >= 0.6 is 11.6 Å². The van der Waals surface area contributed by atoms with Crippen molar-refractivity contribution in [3.05, 3.63) is 52.8 Å². The van der Waals surface area contributed by atoms with E-state index in [-0.39, 0.29) is 5.02 Å². The van der Waals surface area contributed by atoms with Gasteiger partial charge in [0.05, 0.1) is 5.02 Å². The lowest BCUT2D eigenvalue weighted by Gasteiger charge is -2.04. The first-order valence-corrected chi connectivity index (χ1v) is 6.61. The summed E-state index contributed by atoms with van der Waals surface area (Å²) >= 11 is 5.75. The third-order valence-corrected chi connectivity index (χ3v) is 3.38. The number of rotatable bonds is 3. The number of benzene rings is 2. The molecule has 1 heterocycles. The molecule has 0 aliphatic carbocycles. The first kappa shape index (κ1) is 13.1. The second-order valence-corrected chi connectivity index (χ2v) is 4.86. The molecule has 20 heavy (non-hydrogen) atoms. The predicted octanol–water partition coefficient (Wildman–Crippen LogP) is 3.79. The summed E-state index contributed by atoms with van der Waals surface area (Å²) in [6, 6.07) is 10.4. The van der Waals surface area contributed by atoms with Crippen molar-refractivity contribution in [2.75, 3.05) is 6.54 Å². The molecule has 0 bridgehead atoms. The van der Waals surface area contributed by atoms with E-state index in [1.54, 1.807) is 0 Å². The fourth-order valence-electron chi connectivity index (χ4n) is 2.14. The lowest BCUT2D eigenvalue weighted by molar-refractivity contribution is 0.602. The average molecular weight is 291 g/mol. The molecule has 0 radical (unpaired) electrons. The summed E-state index contributed by atoms with van der Waals surface area (Å²) in [5.41, 5.74) is 8.44. The highest BCUT2D eigenvalue weighted by Crippen LogP contribution is 2.29.